The standard InChI is InChI=1S/C15H10BrClF2N2/c1-8-4-11(19)10(16)6-14(8)21-13-3-2-9(18)5-12(13)20-15(21)7-17/h2-6H,7H2,1H3. The Balaban J connectivity index is 2.36. The van der Waals surface area contributed by atoms with Crippen LogP contribution in [0, 0.1) is 18.6 Å². The van der Waals surface area contributed by atoms with Gasteiger partial charge in [-0.1, -0.05) is 0 Å². The number of fused-ring (bicyclic) bond motifs is 1. The van der Waals surface area contributed by atoms with Gasteiger partial charge in [0.25, 0.3) is 0 Å². The summed E-state index contributed by atoms with van der Waals surface area (Å²) in [7, 11) is 0. The third-order valence-electron chi connectivity index (χ3n) is 3.29. The third-order valence-corrected chi connectivity index (χ3v) is 4.13. The second kappa shape index (κ2) is 5.39. The van der Waals surface area contributed by atoms with Gasteiger partial charge in [0.15, 0.2) is 0 Å². The molecule has 0 N–H and O–H groups in total. The van der Waals surface area contributed by atoms with E-state index in [1.54, 1.807) is 19.1 Å². The van der Waals surface area contributed by atoms with Crippen LogP contribution in [0.5, 0.6) is 0 Å². The van der Waals surface area contributed by atoms with Gasteiger partial charge < -0.3 is 0 Å². The van der Waals surface area contributed by atoms with Crippen LogP contribution in [0.25, 0.3) is 16.7 Å². The molecule has 3 rings (SSSR count). The van der Waals surface area contributed by atoms with E-state index in [-0.39, 0.29) is 17.5 Å². The maximum absolute atomic E-state index is 13.6. The lowest BCUT2D eigenvalue weighted by Gasteiger charge is -2.12. The number of alkyl halides is 1. The summed E-state index contributed by atoms with van der Waals surface area (Å²) in [6.07, 6.45) is 0. The Morgan fingerprint density at radius 3 is 2.71 bits per heavy atom. The molecule has 0 aliphatic rings. The molecule has 0 aliphatic carbocycles. The molecule has 3 aromatic rings. The lowest BCUT2D eigenvalue weighted by Crippen LogP contribution is -2.02. The number of rotatable bonds is 2. The summed E-state index contributed by atoms with van der Waals surface area (Å²) in [5.41, 5.74) is 2.75. The van der Waals surface area contributed by atoms with E-state index < -0.39 is 0 Å². The zero-order valence-electron chi connectivity index (χ0n) is 11.0. The predicted octanol–water partition coefficient (Wildman–Crippen LogP) is 5.11. The Kier molecular flexibility index (Phi) is 3.71. The average Bonchev–Trinajstić information content (AvgIpc) is 2.80. The maximum atomic E-state index is 13.6. The van der Waals surface area contributed by atoms with Crippen LogP contribution in [-0.2, 0) is 5.88 Å². The normalized spacial score (nSPS) is 11.3. The van der Waals surface area contributed by atoms with E-state index >= 15 is 0 Å². The van der Waals surface area contributed by atoms with Gasteiger partial charge in [0.05, 0.1) is 27.1 Å². The molecule has 0 bridgehead atoms. The quantitative estimate of drug-likeness (QED) is 0.572. The lowest BCUT2D eigenvalue weighted by molar-refractivity contribution is 0.619. The van der Waals surface area contributed by atoms with E-state index in [0.717, 1.165) is 16.8 Å². The lowest BCUT2D eigenvalue weighted by atomic mass is 10.2. The minimum atomic E-state index is -0.356. The Morgan fingerprint density at radius 1 is 1.24 bits per heavy atom. The summed E-state index contributed by atoms with van der Waals surface area (Å²) in [5, 5.41) is 0. The minimum Gasteiger partial charge on any atom is -0.295 e. The van der Waals surface area contributed by atoms with Gasteiger partial charge in [-0.15, -0.1) is 11.6 Å². The fraction of sp³-hybridized carbons (Fsp3) is 0.133. The molecule has 0 fully saturated rings. The molecule has 21 heavy (non-hydrogen) atoms. The molecule has 0 spiro atoms. The second-order valence-electron chi connectivity index (χ2n) is 4.68. The van der Waals surface area contributed by atoms with Crippen LogP contribution in [0.15, 0.2) is 34.8 Å². The second-order valence-corrected chi connectivity index (χ2v) is 5.80. The Labute approximate surface area is 133 Å². The summed E-state index contributed by atoms with van der Waals surface area (Å²) in [6.45, 7) is 1.80. The molecule has 0 atom stereocenters. The molecule has 2 nitrogen and oxygen atoms in total. The number of benzene rings is 2. The zero-order valence-corrected chi connectivity index (χ0v) is 13.3. The highest BCUT2D eigenvalue weighted by atomic mass is 79.9. The summed E-state index contributed by atoms with van der Waals surface area (Å²) >= 11 is 9.14. The summed E-state index contributed by atoms with van der Waals surface area (Å²) in [6, 6.07) is 7.48. The monoisotopic (exact) mass is 370 g/mol. The molecule has 0 radical (unpaired) electrons. The van der Waals surface area contributed by atoms with Crippen molar-refractivity contribution < 1.29 is 8.78 Å². The van der Waals surface area contributed by atoms with Crippen LogP contribution >= 0.6 is 27.5 Å². The van der Waals surface area contributed by atoms with Crippen molar-refractivity contribution in [2.45, 2.75) is 12.8 Å². The number of imidazole rings is 1. The highest BCUT2D eigenvalue weighted by Gasteiger charge is 2.15. The number of hydrogen-bond donors (Lipinski definition) is 0. The summed E-state index contributed by atoms with van der Waals surface area (Å²) < 4.78 is 29.1. The van der Waals surface area contributed by atoms with E-state index in [2.05, 4.69) is 20.9 Å². The molecule has 6 heteroatoms. The molecule has 1 heterocycles. The van der Waals surface area contributed by atoms with Gasteiger partial charge in [0.1, 0.15) is 17.5 Å². The Hall–Kier alpha value is -1.46. The van der Waals surface area contributed by atoms with Crippen LogP contribution in [0.3, 0.4) is 0 Å². The summed E-state index contributed by atoms with van der Waals surface area (Å²) in [5.74, 6) is 0.0633. The van der Waals surface area contributed by atoms with E-state index in [0.29, 0.717) is 15.8 Å². The number of halogens is 4. The van der Waals surface area contributed by atoms with Crippen LogP contribution in [0.4, 0.5) is 8.78 Å². The average molecular weight is 372 g/mol. The topological polar surface area (TPSA) is 17.8 Å². The minimum absolute atomic E-state index is 0.171. The molecule has 0 saturated heterocycles. The van der Waals surface area contributed by atoms with Crippen LogP contribution in [0.1, 0.15) is 11.4 Å². The molecular formula is C15H10BrClF2N2. The molecule has 108 valence electrons. The number of aryl methyl sites for hydroxylation is 1. The van der Waals surface area contributed by atoms with Crippen molar-refractivity contribution in [2.75, 3.05) is 0 Å². The predicted molar refractivity (Wildman–Crippen MR) is 83.0 cm³/mol. The Bertz CT molecular complexity index is 845. The van der Waals surface area contributed by atoms with Gasteiger partial charge >= 0.3 is 0 Å². The van der Waals surface area contributed by atoms with Crippen LogP contribution in [-0.4, -0.2) is 9.55 Å². The SMILES string of the molecule is Cc1cc(F)c(Br)cc1-n1c(CCl)nc2cc(F)ccc21. The van der Waals surface area contributed by atoms with Gasteiger partial charge in [-0.2, -0.15) is 0 Å². The van der Waals surface area contributed by atoms with Crippen LogP contribution < -0.4 is 0 Å². The van der Waals surface area contributed by atoms with Gasteiger partial charge in [0, 0.05) is 6.07 Å². The van der Waals surface area contributed by atoms with Crippen LogP contribution in [0.2, 0.25) is 0 Å². The first-order valence-corrected chi connectivity index (χ1v) is 7.53. The fourth-order valence-electron chi connectivity index (χ4n) is 2.34. The van der Waals surface area contributed by atoms with Crippen molar-refractivity contribution in [1.82, 2.24) is 9.55 Å². The molecule has 2 aromatic carbocycles. The van der Waals surface area contributed by atoms with E-state index in [1.807, 2.05) is 4.57 Å². The number of hydrogen-bond acceptors (Lipinski definition) is 1. The molecule has 1 aromatic heterocycles. The van der Waals surface area contributed by atoms with Crippen molar-refractivity contribution in [3.8, 4) is 5.69 Å². The largest absolute Gasteiger partial charge is 0.295 e. The molecule has 0 unspecified atom stereocenters. The highest BCUT2D eigenvalue weighted by Crippen LogP contribution is 2.29. The number of aromatic nitrogens is 2. The molecule has 0 aliphatic heterocycles. The Morgan fingerprint density at radius 2 is 2.00 bits per heavy atom. The van der Waals surface area contributed by atoms with Gasteiger partial charge in [-0.25, -0.2) is 13.8 Å². The van der Waals surface area contributed by atoms with Crippen molar-refractivity contribution >= 4 is 38.6 Å². The fourth-order valence-corrected chi connectivity index (χ4v) is 2.85. The van der Waals surface area contributed by atoms with E-state index in [4.69, 9.17) is 11.6 Å². The maximum Gasteiger partial charge on any atom is 0.137 e. The van der Waals surface area contributed by atoms with Crippen molar-refractivity contribution in [3.63, 3.8) is 0 Å². The zero-order chi connectivity index (χ0) is 15.1. The molecule has 0 amide bonds. The van der Waals surface area contributed by atoms with Crippen molar-refractivity contribution in [2.24, 2.45) is 0 Å². The van der Waals surface area contributed by atoms with E-state index in [9.17, 15) is 8.78 Å². The highest BCUT2D eigenvalue weighted by molar-refractivity contribution is 9.10. The van der Waals surface area contributed by atoms with E-state index in [1.165, 1.54) is 18.2 Å². The number of nitrogens with zero attached hydrogens (tertiary/aromatic N) is 2. The first kappa shape index (κ1) is 14.5. The third kappa shape index (κ3) is 2.45. The van der Waals surface area contributed by atoms with Gasteiger partial charge in [0.2, 0.25) is 0 Å². The first-order valence-electron chi connectivity index (χ1n) is 6.20. The smallest absolute Gasteiger partial charge is 0.137 e. The first-order chi connectivity index (χ1) is 10.0. The van der Waals surface area contributed by atoms with Gasteiger partial charge in [-0.05, 0) is 52.7 Å². The van der Waals surface area contributed by atoms with Crippen molar-refractivity contribution in [3.05, 3.63) is 57.8 Å². The summed E-state index contributed by atoms with van der Waals surface area (Å²) in [4.78, 5) is 4.34. The van der Waals surface area contributed by atoms with Crippen molar-refractivity contribution in [1.29, 1.82) is 0 Å². The van der Waals surface area contributed by atoms with Gasteiger partial charge in [-0.3, -0.25) is 4.57 Å². The molecular weight excluding hydrogens is 362 g/mol. The molecule has 0 saturated carbocycles.